The molecule has 0 aliphatic heterocycles. The predicted molar refractivity (Wildman–Crippen MR) is 81.7 cm³/mol. The van der Waals surface area contributed by atoms with Gasteiger partial charge in [-0.1, -0.05) is 37.0 Å². The summed E-state index contributed by atoms with van der Waals surface area (Å²) in [6, 6.07) is 4.21. The molecule has 0 heterocycles. The van der Waals surface area contributed by atoms with Crippen molar-refractivity contribution in [1.82, 2.24) is 4.72 Å². The fraction of sp³-hybridized carbons (Fsp3) is 0.538. The van der Waals surface area contributed by atoms with E-state index < -0.39 is 15.6 Å². The molecule has 0 bridgehead atoms. The SMILES string of the molecule is CC(C)CC(C)(O)CNS(=O)(=O)c1cc(Cl)ccc1Cl. The first-order valence-electron chi connectivity index (χ1n) is 6.20. The van der Waals surface area contributed by atoms with Crippen LogP contribution in [0.4, 0.5) is 0 Å². The topological polar surface area (TPSA) is 66.4 Å². The molecule has 1 atom stereocenters. The minimum Gasteiger partial charge on any atom is -0.389 e. The van der Waals surface area contributed by atoms with Gasteiger partial charge in [-0.25, -0.2) is 13.1 Å². The quantitative estimate of drug-likeness (QED) is 0.836. The zero-order valence-corrected chi connectivity index (χ0v) is 14.0. The predicted octanol–water partition coefficient (Wildman–Crippen LogP) is 3.07. The van der Waals surface area contributed by atoms with Gasteiger partial charge < -0.3 is 5.11 Å². The first-order chi connectivity index (χ1) is 9.03. The molecule has 0 fully saturated rings. The normalized spacial score (nSPS) is 15.3. The molecule has 1 aromatic carbocycles. The van der Waals surface area contributed by atoms with Crippen LogP contribution in [0.25, 0.3) is 0 Å². The molecule has 1 unspecified atom stereocenters. The van der Waals surface area contributed by atoms with E-state index in [1.165, 1.54) is 18.2 Å². The van der Waals surface area contributed by atoms with Crippen molar-refractivity contribution in [3.63, 3.8) is 0 Å². The number of aliphatic hydroxyl groups is 1. The Kier molecular flexibility index (Phi) is 5.87. The van der Waals surface area contributed by atoms with Crippen LogP contribution in [0.3, 0.4) is 0 Å². The van der Waals surface area contributed by atoms with Crippen LogP contribution < -0.4 is 4.72 Å². The number of hydrogen-bond donors (Lipinski definition) is 2. The summed E-state index contributed by atoms with van der Waals surface area (Å²) in [6.07, 6.45) is 0.485. The summed E-state index contributed by atoms with van der Waals surface area (Å²) in [4.78, 5) is -0.0907. The molecule has 0 radical (unpaired) electrons. The first kappa shape index (κ1) is 17.7. The van der Waals surface area contributed by atoms with Gasteiger partial charge in [0.2, 0.25) is 10.0 Å². The monoisotopic (exact) mass is 339 g/mol. The number of hydrogen-bond acceptors (Lipinski definition) is 3. The van der Waals surface area contributed by atoms with Crippen molar-refractivity contribution in [2.75, 3.05) is 6.54 Å². The van der Waals surface area contributed by atoms with Crippen molar-refractivity contribution < 1.29 is 13.5 Å². The summed E-state index contributed by atoms with van der Waals surface area (Å²) in [5.74, 6) is 0.254. The average Bonchev–Trinajstić information content (AvgIpc) is 2.28. The van der Waals surface area contributed by atoms with E-state index in [2.05, 4.69) is 4.72 Å². The molecule has 0 spiro atoms. The molecule has 2 N–H and O–H groups in total. The third-order valence-corrected chi connectivity index (χ3v) is 4.79. The Morgan fingerprint density at radius 3 is 2.50 bits per heavy atom. The Hall–Kier alpha value is -0.330. The lowest BCUT2D eigenvalue weighted by molar-refractivity contribution is 0.0437. The highest BCUT2D eigenvalue weighted by Gasteiger charge is 2.26. The van der Waals surface area contributed by atoms with Crippen LogP contribution >= 0.6 is 23.2 Å². The van der Waals surface area contributed by atoms with Crippen LogP contribution in [-0.4, -0.2) is 25.7 Å². The van der Waals surface area contributed by atoms with Crippen LogP contribution in [0.5, 0.6) is 0 Å². The lowest BCUT2D eigenvalue weighted by atomic mass is 9.95. The highest BCUT2D eigenvalue weighted by Crippen LogP contribution is 2.25. The molecular weight excluding hydrogens is 321 g/mol. The number of halogens is 2. The van der Waals surface area contributed by atoms with Gasteiger partial charge in [0.1, 0.15) is 4.90 Å². The third kappa shape index (κ3) is 5.22. The Morgan fingerprint density at radius 2 is 1.95 bits per heavy atom. The van der Waals surface area contributed by atoms with Crippen molar-refractivity contribution in [2.24, 2.45) is 5.92 Å². The van der Waals surface area contributed by atoms with Crippen LogP contribution in [0, 0.1) is 5.92 Å². The minimum absolute atomic E-state index is 0.0869. The van der Waals surface area contributed by atoms with E-state index in [4.69, 9.17) is 23.2 Å². The minimum atomic E-state index is -3.81. The zero-order chi connectivity index (χ0) is 15.6. The summed E-state index contributed by atoms with van der Waals surface area (Å²) >= 11 is 11.7. The van der Waals surface area contributed by atoms with Crippen molar-refractivity contribution in [1.29, 1.82) is 0 Å². The van der Waals surface area contributed by atoms with E-state index >= 15 is 0 Å². The van der Waals surface area contributed by atoms with Crippen LogP contribution in [0.2, 0.25) is 10.0 Å². The molecule has 0 aromatic heterocycles. The Balaban J connectivity index is 2.88. The molecule has 20 heavy (non-hydrogen) atoms. The van der Waals surface area contributed by atoms with Gasteiger partial charge in [-0.05, 0) is 37.5 Å². The van der Waals surface area contributed by atoms with Crippen molar-refractivity contribution in [2.45, 2.75) is 37.7 Å². The molecule has 1 aromatic rings. The highest BCUT2D eigenvalue weighted by molar-refractivity contribution is 7.89. The van der Waals surface area contributed by atoms with Gasteiger partial charge >= 0.3 is 0 Å². The maximum absolute atomic E-state index is 12.2. The van der Waals surface area contributed by atoms with Gasteiger partial charge in [-0.2, -0.15) is 0 Å². The lowest BCUT2D eigenvalue weighted by Gasteiger charge is -2.25. The summed E-state index contributed by atoms with van der Waals surface area (Å²) in [5.41, 5.74) is -1.12. The lowest BCUT2D eigenvalue weighted by Crippen LogP contribution is -2.41. The van der Waals surface area contributed by atoms with Crippen molar-refractivity contribution in [3.8, 4) is 0 Å². The molecule has 0 aliphatic carbocycles. The molecule has 114 valence electrons. The summed E-state index contributed by atoms with van der Waals surface area (Å²) < 4.78 is 26.7. The standard InChI is InChI=1S/C13H19Cl2NO3S/c1-9(2)7-13(3,17)8-16-20(18,19)12-6-10(14)4-5-11(12)15/h4-6,9,16-17H,7-8H2,1-3H3. The fourth-order valence-corrected chi connectivity index (χ4v) is 3.89. The largest absolute Gasteiger partial charge is 0.389 e. The Labute approximate surface area is 130 Å². The smallest absolute Gasteiger partial charge is 0.242 e. The molecule has 0 saturated heterocycles. The van der Waals surface area contributed by atoms with Crippen LogP contribution in [0.1, 0.15) is 27.2 Å². The van der Waals surface area contributed by atoms with Crippen LogP contribution in [-0.2, 0) is 10.0 Å². The third-order valence-electron chi connectivity index (χ3n) is 2.67. The fourth-order valence-electron chi connectivity index (χ4n) is 1.96. The van der Waals surface area contributed by atoms with Crippen molar-refractivity contribution >= 4 is 33.2 Å². The second kappa shape index (κ2) is 6.62. The van der Waals surface area contributed by atoms with Gasteiger partial charge in [0, 0.05) is 11.6 Å². The summed E-state index contributed by atoms with van der Waals surface area (Å²) in [7, 11) is -3.81. The Bertz CT molecular complexity index is 571. The second-order valence-electron chi connectivity index (χ2n) is 5.49. The molecular formula is C13H19Cl2NO3S. The highest BCUT2D eigenvalue weighted by atomic mass is 35.5. The molecule has 1 rings (SSSR count). The Morgan fingerprint density at radius 1 is 1.35 bits per heavy atom. The van der Waals surface area contributed by atoms with E-state index in [0.29, 0.717) is 6.42 Å². The van der Waals surface area contributed by atoms with E-state index in [0.717, 1.165) is 0 Å². The van der Waals surface area contributed by atoms with E-state index in [1.54, 1.807) is 6.92 Å². The second-order valence-corrected chi connectivity index (χ2v) is 8.07. The van der Waals surface area contributed by atoms with E-state index in [9.17, 15) is 13.5 Å². The number of nitrogens with one attached hydrogen (secondary N) is 1. The maximum Gasteiger partial charge on any atom is 0.242 e. The summed E-state index contributed by atoms with van der Waals surface area (Å²) in [6.45, 7) is 5.42. The van der Waals surface area contributed by atoms with Gasteiger partial charge in [0.25, 0.3) is 0 Å². The average molecular weight is 340 g/mol. The number of sulfonamides is 1. The van der Waals surface area contributed by atoms with Gasteiger partial charge in [-0.15, -0.1) is 0 Å². The first-order valence-corrected chi connectivity index (χ1v) is 8.44. The van der Waals surface area contributed by atoms with Crippen molar-refractivity contribution in [3.05, 3.63) is 28.2 Å². The molecule has 0 amide bonds. The van der Waals surface area contributed by atoms with Gasteiger partial charge in [-0.3, -0.25) is 0 Å². The van der Waals surface area contributed by atoms with E-state index in [-0.39, 0.29) is 27.4 Å². The van der Waals surface area contributed by atoms with Gasteiger partial charge in [0.05, 0.1) is 10.6 Å². The molecule has 0 saturated carbocycles. The number of rotatable bonds is 6. The van der Waals surface area contributed by atoms with Crippen LogP contribution in [0.15, 0.2) is 23.1 Å². The number of benzene rings is 1. The molecule has 4 nitrogen and oxygen atoms in total. The van der Waals surface area contributed by atoms with Gasteiger partial charge in [0.15, 0.2) is 0 Å². The maximum atomic E-state index is 12.2. The summed E-state index contributed by atoms with van der Waals surface area (Å²) in [5, 5.41) is 10.5. The molecule has 0 aliphatic rings. The van der Waals surface area contributed by atoms with E-state index in [1.807, 2.05) is 13.8 Å². The zero-order valence-electron chi connectivity index (χ0n) is 11.7. The molecule has 7 heteroatoms.